The minimum absolute atomic E-state index is 0.0146. The molecule has 0 aliphatic heterocycles. The maximum absolute atomic E-state index is 9.61. The molecule has 46 heavy (non-hydrogen) atoms. The van der Waals surface area contributed by atoms with Crippen LogP contribution in [0, 0.1) is 5.92 Å². The predicted octanol–water partition coefficient (Wildman–Crippen LogP) is 6.69. The van der Waals surface area contributed by atoms with E-state index in [9.17, 15) is 19.8 Å². The van der Waals surface area contributed by atoms with E-state index in [4.69, 9.17) is 0 Å². The number of carboxylic acids is 2. The number of carbonyl (C=O) groups is 2. The Morgan fingerprint density at radius 2 is 0.522 bits per heavy atom. The van der Waals surface area contributed by atoms with Crippen LogP contribution in [-0.2, 0) is 31.4 Å². The van der Waals surface area contributed by atoms with E-state index in [1.165, 1.54) is 29.4 Å². The lowest BCUT2D eigenvalue weighted by Gasteiger charge is -2.11. The summed E-state index contributed by atoms with van der Waals surface area (Å²) in [6, 6.07) is 64.3. The van der Waals surface area contributed by atoms with E-state index >= 15 is 0 Å². The third kappa shape index (κ3) is 9.99. The van der Waals surface area contributed by atoms with Crippen LogP contribution < -0.4 is 10.2 Å². The van der Waals surface area contributed by atoms with Crippen LogP contribution in [-0.4, -0.2) is 11.9 Å². The maximum atomic E-state index is 9.61. The minimum atomic E-state index is -1.62. The molecule has 0 aliphatic carbocycles. The molecule has 4 nitrogen and oxygen atoms in total. The van der Waals surface area contributed by atoms with Gasteiger partial charge in [-0.25, -0.2) is 0 Å². The summed E-state index contributed by atoms with van der Waals surface area (Å²) in [5.41, 5.74) is 0. The minimum Gasteiger partial charge on any atom is -0.549 e. The summed E-state index contributed by atoms with van der Waals surface area (Å²) in [6.45, 7) is 0.991. The van der Waals surface area contributed by atoms with Crippen LogP contribution >= 0.6 is 0 Å². The van der Waals surface area contributed by atoms with Crippen LogP contribution in [0.4, 0.5) is 0 Å². The standard InChI is InChI=1S/2C18H15S.C4H6O4/c2*1-4-10-16(11-5-1)19(17-12-6-2-7-13-17)18-14-8-3-9-15-18;1-2(3(5)6)4(7)8/h2*1-15H;2H,1H3,(H,5,6)(H,7,8)/q2*+1;/p-2. The smallest absolute Gasteiger partial charge is 0.166 e. The van der Waals surface area contributed by atoms with Crippen molar-refractivity contribution in [2.75, 3.05) is 0 Å². The summed E-state index contributed by atoms with van der Waals surface area (Å²) in [5.74, 6) is -4.76. The van der Waals surface area contributed by atoms with Gasteiger partial charge in [0, 0.05) is 17.9 Å². The summed E-state index contributed by atoms with van der Waals surface area (Å²) in [4.78, 5) is 27.4. The van der Waals surface area contributed by atoms with Crippen molar-refractivity contribution < 1.29 is 19.8 Å². The van der Waals surface area contributed by atoms with Crippen molar-refractivity contribution in [1.29, 1.82) is 0 Å². The number of carboxylic acid groups (broad SMARTS) is 2. The Morgan fingerprint density at radius 3 is 0.630 bits per heavy atom. The molecule has 6 heteroatoms. The molecule has 6 rings (SSSR count). The van der Waals surface area contributed by atoms with Crippen molar-refractivity contribution in [2.45, 2.75) is 36.3 Å². The number of aliphatic carboxylic acids is 2. The number of benzene rings is 6. The van der Waals surface area contributed by atoms with Gasteiger partial charge in [0.05, 0.1) is 21.8 Å². The number of carbonyl (C=O) groups excluding carboxylic acids is 2. The molecule has 6 aromatic rings. The van der Waals surface area contributed by atoms with Crippen LogP contribution in [0.15, 0.2) is 211 Å². The molecule has 0 heterocycles. The molecule has 0 aromatic heterocycles. The largest absolute Gasteiger partial charge is 0.549 e. The first-order valence-corrected chi connectivity index (χ1v) is 17.1. The normalized spacial score (nSPS) is 10.3. The summed E-state index contributed by atoms with van der Waals surface area (Å²) in [7, 11) is -0.0293. The summed E-state index contributed by atoms with van der Waals surface area (Å²) < 4.78 is 0. The van der Waals surface area contributed by atoms with Gasteiger partial charge < -0.3 is 19.8 Å². The zero-order valence-corrected chi connectivity index (χ0v) is 27.0. The second-order valence-electron chi connectivity index (χ2n) is 9.85. The molecule has 0 radical (unpaired) electrons. The lowest BCUT2D eigenvalue weighted by Crippen LogP contribution is -2.41. The zero-order valence-electron chi connectivity index (χ0n) is 25.3. The van der Waals surface area contributed by atoms with E-state index in [1.807, 2.05) is 0 Å². The highest BCUT2D eigenvalue weighted by Gasteiger charge is 2.28. The van der Waals surface area contributed by atoms with Gasteiger partial charge in [-0.15, -0.1) is 0 Å². The lowest BCUT2D eigenvalue weighted by atomic mass is 10.2. The van der Waals surface area contributed by atoms with Crippen molar-refractivity contribution in [3.05, 3.63) is 182 Å². The van der Waals surface area contributed by atoms with Crippen LogP contribution in [0.25, 0.3) is 0 Å². The Morgan fingerprint density at radius 1 is 0.370 bits per heavy atom. The second-order valence-corrected chi connectivity index (χ2v) is 13.9. The first-order chi connectivity index (χ1) is 22.5. The molecule has 0 aliphatic rings. The highest BCUT2D eigenvalue weighted by Crippen LogP contribution is 2.31. The molecule has 0 saturated carbocycles. The molecule has 230 valence electrons. The lowest BCUT2D eigenvalue weighted by molar-refractivity contribution is -0.330. The third-order valence-corrected chi connectivity index (χ3v) is 11.0. The molecule has 6 aromatic carbocycles. The average Bonchev–Trinajstić information content (AvgIpc) is 3.11. The first kappa shape index (κ1) is 33.8. The van der Waals surface area contributed by atoms with Crippen LogP contribution in [0.5, 0.6) is 0 Å². The van der Waals surface area contributed by atoms with E-state index in [1.54, 1.807) is 0 Å². The number of hydrogen-bond donors (Lipinski definition) is 0. The molecule has 0 bridgehead atoms. The zero-order chi connectivity index (χ0) is 32.6. The van der Waals surface area contributed by atoms with Crippen LogP contribution in [0.1, 0.15) is 6.92 Å². The number of rotatable bonds is 8. The van der Waals surface area contributed by atoms with Gasteiger partial charge in [0.1, 0.15) is 0 Å². The average molecular weight is 643 g/mol. The second kappa shape index (κ2) is 18.1. The molecule has 0 spiro atoms. The van der Waals surface area contributed by atoms with Gasteiger partial charge in [0.15, 0.2) is 29.4 Å². The molecule has 0 saturated heterocycles. The summed E-state index contributed by atoms with van der Waals surface area (Å²) >= 11 is 0. The van der Waals surface area contributed by atoms with E-state index in [0.717, 1.165) is 6.92 Å². The van der Waals surface area contributed by atoms with Gasteiger partial charge in [0.2, 0.25) is 0 Å². The van der Waals surface area contributed by atoms with Gasteiger partial charge in [0.25, 0.3) is 0 Å². The Labute approximate surface area is 276 Å². The summed E-state index contributed by atoms with van der Waals surface area (Å²) in [6.07, 6.45) is 0. The van der Waals surface area contributed by atoms with Crippen LogP contribution in [0.3, 0.4) is 0 Å². The van der Waals surface area contributed by atoms with Crippen molar-refractivity contribution in [3.8, 4) is 0 Å². The van der Waals surface area contributed by atoms with Crippen LogP contribution in [0.2, 0.25) is 0 Å². The third-order valence-electron chi connectivity index (χ3n) is 6.58. The monoisotopic (exact) mass is 642 g/mol. The Bertz CT molecular complexity index is 1420. The topological polar surface area (TPSA) is 80.3 Å². The van der Waals surface area contributed by atoms with E-state index in [-0.39, 0.29) is 21.8 Å². The highest BCUT2D eigenvalue weighted by molar-refractivity contribution is 7.97. The molecular formula is C40H34O4S2. The van der Waals surface area contributed by atoms with Gasteiger partial charge >= 0.3 is 0 Å². The van der Waals surface area contributed by atoms with E-state index in [0.29, 0.717) is 0 Å². The molecule has 0 amide bonds. The Balaban J connectivity index is 0.000000170. The Hall–Kier alpha value is -5.04. The molecular weight excluding hydrogens is 609 g/mol. The highest BCUT2D eigenvalue weighted by atomic mass is 32.2. The molecule has 0 N–H and O–H groups in total. The van der Waals surface area contributed by atoms with Crippen molar-refractivity contribution in [3.63, 3.8) is 0 Å². The van der Waals surface area contributed by atoms with Gasteiger partial charge in [-0.2, -0.15) is 0 Å². The van der Waals surface area contributed by atoms with E-state index < -0.39 is 17.9 Å². The fourth-order valence-electron chi connectivity index (χ4n) is 4.25. The van der Waals surface area contributed by atoms with Gasteiger partial charge in [-0.05, 0) is 72.8 Å². The van der Waals surface area contributed by atoms with Gasteiger partial charge in [-0.3, -0.25) is 0 Å². The maximum Gasteiger partial charge on any atom is 0.166 e. The fourth-order valence-corrected chi connectivity index (χ4v) is 8.46. The molecule has 0 fully saturated rings. The van der Waals surface area contributed by atoms with Crippen molar-refractivity contribution >= 4 is 33.7 Å². The summed E-state index contributed by atoms with van der Waals surface area (Å²) in [5, 5.41) is 19.2. The molecule has 0 atom stereocenters. The van der Waals surface area contributed by atoms with Crippen molar-refractivity contribution in [1.82, 2.24) is 0 Å². The quantitative estimate of drug-likeness (QED) is 0.137. The number of hydrogen-bond acceptors (Lipinski definition) is 4. The Kier molecular flexibility index (Phi) is 13.3. The van der Waals surface area contributed by atoms with Crippen molar-refractivity contribution in [2.24, 2.45) is 5.92 Å². The predicted molar refractivity (Wildman–Crippen MR) is 182 cm³/mol. The molecule has 0 unspecified atom stereocenters. The fraction of sp³-hybridized carbons (Fsp3) is 0.0500. The SMILES string of the molecule is CC(C(=O)[O-])C(=O)[O-].c1ccc([S+](c2ccccc2)c2ccccc2)cc1.c1ccc([S+](c2ccccc2)c2ccccc2)cc1. The first-order valence-electron chi connectivity index (χ1n) is 14.7. The van der Waals surface area contributed by atoms with Gasteiger partial charge in [-0.1, -0.05) is 116 Å². The van der Waals surface area contributed by atoms with E-state index in [2.05, 4.69) is 182 Å².